The van der Waals surface area contributed by atoms with E-state index in [1.807, 2.05) is 0 Å². The molecule has 0 heterocycles. The first-order chi connectivity index (χ1) is 7.52. The van der Waals surface area contributed by atoms with Crippen molar-refractivity contribution in [2.24, 2.45) is 5.92 Å². The van der Waals surface area contributed by atoms with E-state index >= 15 is 0 Å². The molecule has 0 amide bonds. The summed E-state index contributed by atoms with van der Waals surface area (Å²) in [5.74, 6) is -2.79. The molecule has 1 aromatic rings. The molecule has 0 unspecified atom stereocenters. The van der Waals surface area contributed by atoms with Crippen molar-refractivity contribution in [2.75, 3.05) is 0 Å². The summed E-state index contributed by atoms with van der Waals surface area (Å²) in [5.41, 5.74) is -1.42. The number of rotatable bonds is 3. The van der Waals surface area contributed by atoms with Gasteiger partial charge < -0.3 is 5.11 Å². The standard InChI is InChI=1S/C12H10F2O2/c1-2-7-6-12(7,11(15)16)9-5-8(13)3-4-10(9)14/h2-5,7H,1,6H2,(H,15,16)/t7-,12+/m0/s1. The quantitative estimate of drug-likeness (QED) is 0.801. The highest BCUT2D eigenvalue weighted by Gasteiger charge is 2.61. The van der Waals surface area contributed by atoms with Crippen LogP contribution in [0, 0.1) is 17.6 Å². The minimum absolute atomic E-state index is 0.0927. The summed E-state index contributed by atoms with van der Waals surface area (Å²) in [4.78, 5) is 11.2. The molecule has 0 bridgehead atoms. The van der Waals surface area contributed by atoms with Crippen LogP contribution in [-0.2, 0) is 10.2 Å². The van der Waals surface area contributed by atoms with Gasteiger partial charge in [0.1, 0.15) is 17.0 Å². The van der Waals surface area contributed by atoms with E-state index in [2.05, 4.69) is 6.58 Å². The average molecular weight is 224 g/mol. The van der Waals surface area contributed by atoms with Gasteiger partial charge in [0.15, 0.2) is 0 Å². The molecular weight excluding hydrogens is 214 g/mol. The summed E-state index contributed by atoms with van der Waals surface area (Å²) < 4.78 is 26.5. The van der Waals surface area contributed by atoms with Crippen molar-refractivity contribution in [3.05, 3.63) is 48.1 Å². The van der Waals surface area contributed by atoms with Crippen LogP contribution in [0.5, 0.6) is 0 Å². The fraction of sp³-hybridized carbons (Fsp3) is 0.250. The molecule has 1 aliphatic rings. The van der Waals surface area contributed by atoms with Gasteiger partial charge in [-0.05, 0) is 30.5 Å². The van der Waals surface area contributed by atoms with Gasteiger partial charge in [-0.15, -0.1) is 6.58 Å². The Morgan fingerprint density at radius 1 is 1.56 bits per heavy atom. The average Bonchev–Trinajstić information content (AvgIpc) is 2.97. The number of halogens is 2. The van der Waals surface area contributed by atoms with E-state index in [9.17, 15) is 13.6 Å². The molecular formula is C12H10F2O2. The molecule has 2 rings (SSSR count). The van der Waals surface area contributed by atoms with Crippen LogP contribution in [0.3, 0.4) is 0 Å². The van der Waals surface area contributed by atoms with Gasteiger partial charge in [-0.25, -0.2) is 8.78 Å². The number of carboxylic acid groups (broad SMARTS) is 1. The lowest BCUT2D eigenvalue weighted by molar-refractivity contribution is -0.140. The van der Waals surface area contributed by atoms with Crippen molar-refractivity contribution in [3.63, 3.8) is 0 Å². The van der Waals surface area contributed by atoms with Crippen LogP contribution in [0.2, 0.25) is 0 Å². The second kappa shape index (κ2) is 3.40. The van der Waals surface area contributed by atoms with Gasteiger partial charge in [0.25, 0.3) is 0 Å². The summed E-state index contributed by atoms with van der Waals surface area (Å²) >= 11 is 0. The monoisotopic (exact) mass is 224 g/mol. The Hall–Kier alpha value is -1.71. The van der Waals surface area contributed by atoms with E-state index in [1.165, 1.54) is 6.08 Å². The molecule has 1 aromatic carbocycles. The predicted octanol–water partition coefficient (Wildman–Crippen LogP) is 2.49. The van der Waals surface area contributed by atoms with Crippen LogP contribution in [0.4, 0.5) is 8.78 Å². The minimum Gasteiger partial charge on any atom is -0.481 e. The number of hydrogen-bond acceptors (Lipinski definition) is 1. The zero-order valence-corrected chi connectivity index (χ0v) is 8.41. The number of hydrogen-bond donors (Lipinski definition) is 1. The SMILES string of the molecule is C=C[C@H]1C[C@]1(C(=O)O)c1cc(F)ccc1F. The third kappa shape index (κ3) is 1.33. The lowest BCUT2D eigenvalue weighted by Crippen LogP contribution is -2.23. The van der Waals surface area contributed by atoms with Crippen molar-refractivity contribution >= 4 is 5.97 Å². The topological polar surface area (TPSA) is 37.3 Å². The van der Waals surface area contributed by atoms with Gasteiger partial charge in [-0.1, -0.05) is 6.08 Å². The zero-order chi connectivity index (χ0) is 11.9. The molecule has 0 aromatic heterocycles. The molecule has 0 radical (unpaired) electrons. The van der Waals surface area contributed by atoms with Crippen LogP contribution in [0.1, 0.15) is 12.0 Å². The van der Waals surface area contributed by atoms with Crippen LogP contribution in [0.15, 0.2) is 30.9 Å². The molecule has 4 heteroatoms. The highest BCUT2D eigenvalue weighted by Crippen LogP contribution is 2.55. The molecule has 0 saturated heterocycles. The molecule has 1 aliphatic carbocycles. The third-order valence-electron chi connectivity index (χ3n) is 3.09. The first-order valence-corrected chi connectivity index (χ1v) is 4.84. The van der Waals surface area contributed by atoms with Gasteiger partial charge in [0.05, 0.1) is 0 Å². The summed E-state index contributed by atoms with van der Waals surface area (Å²) in [5, 5.41) is 9.14. The molecule has 84 valence electrons. The lowest BCUT2D eigenvalue weighted by Gasteiger charge is -2.12. The van der Waals surface area contributed by atoms with Crippen molar-refractivity contribution < 1.29 is 18.7 Å². The highest BCUT2D eigenvalue weighted by atomic mass is 19.1. The Morgan fingerprint density at radius 3 is 2.75 bits per heavy atom. The molecule has 1 N–H and O–H groups in total. The van der Waals surface area contributed by atoms with Gasteiger partial charge in [-0.2, -0.15) is 0 Å². The maximum Gasteiger partial charge on any atom is 0.314 e. The fourth-order valence-corrected chi connectivity index (χ4v) is 2.08. The number of benzene rings is 1. The van der Waals surface area contributed by atoms with Gasteiger partial charge in [0.2, 0.25) is 0 Å². The van der Waals surface area contributed by atoms with Crippen molar-refractivity contribution in [3.8, 4) is 0 Å². The summed E-state index contributed by atoms with van der Waals surface area (Å²) in [6.07, 6.45) is 1.74. The number of carboxylic acids is 1. The van der Waals surface area contributed by atoms with Crippen LogP contribution < -0.4 is 0 Å². The van der Waals surface area contributed by atoms with Crippen LogP contribution >= 0.6 is 0 Å². The number of allylic oxidation sites excluding steroid dienone is 1. The van der Waals surface area contributed by atoms with Crippen molar-refractivity contribution in [1.29, 1.82) is 0 Å². The predicted molar refractivity (Wildman–Crippen MR) is 54.0 cm³/mol. The van der Waals surface area contributed by atoms with Crippen LogP contribution in [0.25, 0.3) is 0 Å². The van der Waals surface area contributed by atoms with E-state index in [-0.39, 0.29) is 17.9 Å². The first kappa shape index (κ1) is 10.8. The Bertz CT molecular complexity index is 470. The van der Waals surface area contributed by atoms with E-state index in [0.29, 0.717) is 0 Å². The Labute approximate surface area is 91.2 Å². The summed E-state index contributed by atoms with van der Waals surface area (Å²) in [6, 6.07) is 2.88. The highest BCUT2D eigenvalue weighted by molar-refractivity contribution is 5.86. The Balaban J connectivity index is 2.54. The maximum atomic E-state index is 13.5. The zero-order valence-electron chi connectivity index (χ0n) is 8.41. The first-order valence-electron chi connectivity index (χ1n) is 4.84. The molecule has 0 aliphatic heterocycles. The van der Waals surface area contributed by atoms with Gasteiger partial charge >= 0.3 is 5.97 Å². The van der Waals surface area contributed by atoms with Crippen LogP contribution in [-0.4, -0.2) is 11.1 Å². The third-order valence-corrected chi connectivity index (χ3v) is 3.09. The Morgan fingerprint density at radius 2 is 2.25 bits per heavy atom. The van der Waals surface area contributed by atoms with E-state index in [0.717, 1.165) is 18.2 Å². The summed E-state index contributed by atoms with van der Waals surface area (Å²) in [7, 11) is 0. The number of carbonyl (C=O) groups is 1. The lowest BCUT2D eigenvalue weighted by atomic mass is 9.92. The van der Waals surface area contributed by atoms with E-state index < -0.39 is 23.0 Å². The molecule has 1 fully saturated rings. The van der Waals surface area contributed by atoms with Gasteiger partial charge in [-0.3, -0.25) is 4.79 Å². The maximum absolute atomic E-state index is 13.5. The molecule has 16 heavy (non-hydrogen) atoms. The largest absolute Gasteiger partial charge is 0.481 e. The second-order valence-corrected chi connectivity index (χ2v) is 3.95. The second-order valence-electron chi connectivity index (χ2n) is 3.95. The Kier molecular flexibility index (Phi) is 2.30. The van der Waals surface area contributed by atoms with E-state index in [4.69, 9.17) is 5.11 Å². The van der Waals surface area contributed by atoms with Gasteiger partial charge in [0, 0.05) is 5.56 Å². The smallest absolute Gasteiger partial charge is 0.314 e. The fourth-order valence-electron chi connectivity index (χ4n) is 2.08. The van der Waals surface area contributed by atoms with Crippen molar-refractivity contribution in [1.82, 2.24) is 0 Å². The molecule has 1 saturated carbocycles. The minimum atomic E-state index is -1.33. The number of aliphatic carboxylic acids is 1. The molecule has 2 atom stereocenters. The van der Waals surface area contributed by atoms with Crippen molar-refractivity contribution in [2.45, 2.75) is 11.8 Å². The summed E-state index contributed by atoms with van der Waals surface area (Å²) in [6.45, 7) is 3.50. The normalized spacial score (nSPS) is 27.5. The molecule has 2 nitrogen and oxygen atoms in total. The molecule has 0 spiro atoms. The van der Waals surface area contributed by atoms with E-state index in [1.54, 1.807) is 0 Å².